The van der Waals surface area contributed by atoms with E-state index < -0.39 is 10.0 Å². The predicted molar refractivity (Wildman–Crippen MR) is 67.2 cm³/mol. The Labute approximate surface area is 104 Å². The molecule has 0 aliphatic heterocycles. The summed E-state index contributed by atoms with van der Waals surface area (Å²) in [6, 6.07) is 7.34. The van der Waals surface area contributed by atoms with E-state index in [1.165, 1.54) is 0 Å². The third-order valence-corrected chi connectivity index (χ3v) is 4.53. The number of hydrogen-bond acceptors (Lipinski definition) is 3. The van der Waals surface area contributed by atoms with Crippen LogP contribution >= 0.6 is 15.9 Å². The van der Waals surface area contributed by atoms with E-state index in [1.807, 2.05) is 31.2 Å². The Morgan fingerprint density at radius 1 is 1.44 bits per heavy atom. The number of sulfonamides is 1. The summed E-state index contributed by atoms with van der Waals surface area (Å²) in [4.78, 5) is 0. The lowest BCUT2D eigenvalue weighted by Crippen LogP contribution is -2.23. The number of nitrogens with one attached hydrogen (secondary N) is 1. The fourth-order valence-corrected chi connectivity index (χ4v) is 2.09. The number of rotatable bonds is 6. The zero-order chi connectivity index (χ0) is 12.0. The Balaban J connectivity index is 2.64. The van der Waals surface area contributed by atoms with Crippen molar-refractivity contribution in [3.05, 3.63) is 29.8 Å². The highest BCUT2D eigenvalue weighted by atomic mass is 79.9. The van der Waals surface area contributed by atoms with E-state index in [4.69, 9.17) is 4.74 Å². The molecule has 0 unspecified atom stereocenters. The van der Waals surface area contributed by atoms with E-state index in [0.29, 0.717) is 6.61 Å². The Morgan fingerprint density at radius 3 is 2.81 bits per heavy atom. The zero-order valence-corrected chi connectivity index (χ0v) is 11.3. The van der Waals surface area contributed by atoms with Gasteiger partial charge < -0.3 is 4.74 Å². The molecule has 16 heavy (non-hydrogen) atoms. The molecular formula is C10H14BrNO3S. The lowest BCUT2D eigenvalue weighted by atomic mass is 10.2. The average molecular weight is 308 g/mol. The second-order valence-corrected chi connectivity index (χ2v) is 6.24. The molecule has 0 saturated carbocycles. The van der Waals surface area contributed by atoms with Crippen LogP contribution in [0.25, 0.3) is 0 Å². The second kappa shape index (κ2) is 6.22. The highest BCUT2D eigenvalue weighted by Crippen LogP contribution is 2.13. The number of benzene rings is 1. The van der Waals surface area contributed by atoms with Gasteiger partial charge in [-0.3, -0.25) is 0 Å². The van der Waals surface area contributed by atoms with Crippen molar-refractivity contribution in [3.8, 4) is 5.75 Å². The fourth-order valence-electron chi connectivity index (χ4n) is 1.14. The van der Waals surface area contributed by atoms with Crippen LogP contribution in [0.4, 0.5) is 0 Å². The maximum atomic E-state index is 11.2. The first-order valence-electron chi connectivity index (χ1n) is 4.82. The molecule has 0 aromatic heterocycles. The van der Waals surface area contributed by atoms with Crippen molar-refractivity contribution < 1.29 is 13.2 Å². The van der Waals surface area contributed by atoms with Crippen LogP contribution in [0.2, 0.25) is 0 Å². The van der Waals surface area contributed by atoms with Crippen LogP contribution in [0.3, 0.4) is 0 Å². The van der Waals surface area contributed by atoms with Crippen molar-refractivity contribution >= 4 is 26.0 Å². The summed E-state index contributed by atoms with van der Waals surface area (Å²) in [6.07, 6.45) is 0. The van der Waals surface area contributed by atoms with Crippen molar-refractivity contribution in [2.75, 3.05) is 11.3 Å². The molecule has 6 heteroatoms. The average Bonchev–Trinajstić information content (AvgIpc) is 2.28. The van der Waals surface area contributed by atoms with Crippen molar-refractivity contribution in [1.82, 2.24) is 4.72 Å². The lowest BCUT2D eigenvalue weighted by Gasteiger charge is -2.07. The van der Waals surface area contributed by atoms with Crippen LogP contribution in [0.5, 0.6) is 5.75 Å². The Hall–Kier alpha value is -0.590. The minimum Gasteiger partial charge on any atom is -0.494 e. The molecule has 0 amide bonds. The van der Waals surface area contributed by atoms with Gasteiger partial charge in [-0.15, -0.1) is 0 Å². The van der Waals surface area contributed by atoms with Gasteiger partial charge in [-0.25, -0.2) is 13.1 Å². The second-order valence-electron chi connectivity index (χ2n) is 3.13. The van der Waals surface area contributed by atoms with E-state index >= 15 is 0 Å². The van der Waals surface area contributed by atoms with Crippen molar-refractivity contribution in [3.63, 3.8) is 0 Å². The van der Waals surface area contributed by atoms with Crippen LogP contribution < -0.4 is 9.46 Å². The van der Waals surface area contributed by atoms with E-state index in [-0.39, 0.29) is 11.2 Å². The number of alkyl halides is 1. The van der Waals surface area contributed by atoms with Gasteiger partial charge in [-0.2, -0.15) is 0 Å². The fraction of sp³-hybridized carbons (Fsp3) is 0.400. The topological polar surface area (TPSA) is 55.4 Å². The summed E-state index contributed by atoms with van der Waals surface area (Å²) in [7, 11) is -3.22. The van der Waals surface area contributed by atoms with E-state index in [9.17, 15) is 8.42 Å². The molecule has 0 aliphatic rings. The van der Waals surface area contributed by atoms with Gasteiger partial charge in [0.25, 0.3) is 0 Å². The van der Waals surface area contributed by atoms with Gasteiger partial charge in [0.05, 0.1) is 6.61 Å². The molecular weight excluding hydrogens is 294 g/mol. The normalized spacial score (nSPS) is 11.4. The monoisotopic (exact) mass is 307 g/mol. The maximum Gasteiger partial charge on any atom is 0.221 e. The standard InChI is InChI=1S/C10H14BrNO3S/c1-2-15-10-5-3-4-9(6-10)7-12-16(13,14)8-11/h3-6,12H,2,7-8H2,1H3. The molecule has 0 spiro atoms. The third kappa shape index (κ3) is 4.51. The van der Waals surface area contributed by atoms with Crippen molar-refractivity contribution in [2.45, 2.75) is 13.5 Å². The van der Waals surface area contributed by atoms with Gasteiger partial charge in [-0.05, 0) is 24.6 Å². The molecule has 0 radical (unpaired) electrons. The van der Waals surface area contributed by atoms with Crippen LogP contribution in [0.15, 0.2) is 24.3 Å². The van der Waals surface area contributed by atoms with Gasteiger partial charge in [0.1, 0.15) is 10.4 Å². The van der Waals surface area contributed by atoms with E-state index in [1.54, 1.807) is 0 Å². The molecule has 0 bridgehead atoms. The van der Waals surface area contributed by atoms with Crippen LogP contribution in [-0.4, -0.2) is 19.7 Å². The number of halogens is 1. The van der Waals surface area contributed by atoms with Crippen molar-refractivity contribution in [1.29, 1.82) is 0 Å². The van der Waals surface area contributed by atoms with Gasteiger partial charge in [0.2, 0.25) is 10.0 Å². The highest BCUT2D eigenvalue weighted by Gasteiger charge is 2.06. The van der Waals surface area contributed by atoms with Gasteiger partial charge in [0, 0.05) is 6.54 Å². The summed E-state index contributed by atoms with van der Waals surface area (Å²) in [6.45, 7) is 2.77. The van der Waals surface area contributed by atoms with E-state index in [0.717, 1.165) is 11.3 Å². The largest absolute Gasteiger partial charge is 0.494 e. The SMILES string of the molecule is CCOc1cccc(CNS(=O)(=O)CBr)c1. The number of ether oxygens (including phenoxy) is 1. The molecule has 1 N–H and O–H groups in total. The predicted octanol–water partition coefficient (Wildman–Crippen LogP) is 1.86. The Morgan fingerprint density at radius 2 is 2.19 bits per heavy atom. The molecule has 1 aromatic carbocycles. The first-order chi connectivity index (χ1) is 7.57. The molecule has 4 nitrogen and oxygen atoms in total. The molecule has 0 saturated heterocycles. The molecule has 1 rings (SSSR count). The minimum absolute atomic E-state index is 0.0921. The summed E-state index contributed by atoms with van der Waals surface area (Å²) >= 11 is 2.91. The Bertz CT molecular complexity index is 433. The smallest absolute Gasteiger partial charge is 0.221 e. The molecule has 90 valence electrons. The van der Waals surface area contributed by atoms with E-state index in [2.05, 4.69) is 20.7 Å². The van der Waals surface area contributed by atoms with Crippen molar-refractivity contribution in [2.24, 2.45) is 0 Å². The molecule has 0 heterocycles. The van der Waals surface area contributed by atoms with Gasteiger partial charge >= 0.3 is 0 Å². The van der Waals surface area contributed by atoms with Gasteiger partial charge in [-0.1, -0.05) is 28.1 Å². The molecule has 0 atom stereocenters. The molecule has 1 aromatic rings. The summed E-state index contributed by atoms with van der Waals surface area (Å²) < 4.78 is 30.1. The Kier molecular flexibility index (Phi) is 5.24. The molecule has 0 aliphatic carbocycles. The third-order valence-electron chi connectivity index (χ3n) is 1.85. The highest BCUT2D eigenvalue weighted by molar-refractivity contribution is 9.10. The first kappa shape index (κ1) is 13.5. The summed E-state index contributed by atoms with van der Waals surface area (Å²) in [5, 5.41) is 0. The zero-order valence-electron chi connectivity index (χ0n) is 8.94. The molecule has 0 fully saturated rings. The maximum absolute atomic E-state index is 11.2. The quantitative estimate of drug-likeness (QED) is 0.816. The van der Waals surface area contributed by atoms with Crippen LogP contribution in [0, 0.1) is 0 Å². The first-order valence-corrected chi connectivity index (χ1v) is 7.60. The van der Waals surface area contributed by atoms with Crippen LogP contribution in [-0.2, 0) is 16.6 Å². The van der Waals surface area contributed by atoms with Crippen LogP contribution in [0.1, 0.15) is 12.5 Å². The summed E-state index contributed by atoms with van der Waals surface area (Å²) in [5.41, 5.74) is 0.871. The lowest BCUT2D eigenvalue weighted by molar-refractivity contribution is 0.340. The van der Waals surface area contributed by atoms with Gasteiger partial charge in [0.15, 0.2) is 0 Å². The minimum atomic E-state index is -3.22. The number of hydrogen-bond donors (Lipinski definition) is 1. The summed E-state index contributed by atoms with van der Waals surface area (Å²) in [5.74, 6) is 0.748.